The molecule has 0 fully saturated rings. The molecular weight excluding hydrogens is 304 g/mol. The zero-order valence-corrected chi connectivity index (χ0v) is 13.2. The summed E-state index contributed by atoms with van der Waals surface area (Å²) in [4.78, 5) is 10.0. The van der Waals surface area contributed by atoms with Crippen LogP contribution in [0.5, 0.6) is 0 Å². The van der Waals surface area contributed by atoms with E-state index in [4.69, 9.17) is 0 Å². The Labute approximate surface area is 130 Å². The van der Waals surface area contributed by atoms with Crippen LogP contribution in [0.15, 0.2) is 29.2 Å². The topological polar surface area (TPSA) is 80.5 Å². The lowest BCUT2D eigenvalue weighted by atomic mass is 10.3. The van der Waals surface area contributed by atoms with Crippen LogP contribution in [0.4, 0.5) is 5.69 Å². The zero-order chi connectivity index (χ0) is 16.6. The van der Waals surface area contributed by atoms with Crippen LogP contribution in [-0.4, -0.2) is 30.7 Å². The van der Waals surface area contributed by atoms with Gasteiger partial charge in [0.1, 0.15) is 0 Å². The van der Waals surface area contributed by atoms with Gasteiger partial charge in [0.2, 0.25) is 0 Å². The Morgan fingerprint density at radius 3 is 2.41 bits per heavy atom. The van der Waals surface area contributed by atoms with Gasteiger partial charge in [-0.2, -0.15) is 4.31 Å². The van der Waals surface area contributed by atoms with Crippen LogP contribution in [0.3, 0.4) is 0 Å². The molecule has 1 rings (SSSR count). The predicted octanol–water partition coefficient (Wildman–Crippen LogP) is 2.02. The van der Waals surface area contributed by atoms with Gasteiger partial charge in [-0.1, -0.05) is 18.1 Å². The van der Waals surface area contributed by atoms with Gasteiger partial charge in [-0.05, 0) is 19.9 Å². The van der Waals surface area contributed by atoms with Crippen LogP contribution in [0.2, 0.25) is 0 Å². The standard InChI is InChI=1S/C15H16N2O4S/c1-3-5-9-13-16(12-6-4-2)22(20,21)15-11-8-7-10-14(15)17(18)19/h7-8,10-11H,9,12-13H2,1-2H3. The summed E-state index contributed by atoms with van der Waals surface area (Å²) < 4.78 is 26.4. The summed E-state index contributed by atoms with van der Waals surface area (Å²) in [5.74, 6) is 10.8. The highest BCUT2D eigenvalue weighted by atomic mass is 32.2. The first-order valence-electron chi connectivity index (χ1n) is 6.48. The predicted molar refractivity (Wildman–Crippen MR) is 83.4 cm³/mol. The van der Waals surface area contributed by atoms with E-state index in [0.717, 1.165) is 4.31 Å². The molecule has 0 aliphatic heterocycles. The van der Waals surface area contributed by atoms with Gasteiger partial charge in [-0.3, -0.25) is 10.1 Å². The van der Waals surface area contributed by atoms with Gasteiger partial charge in [0.15, 0.2) is 4.90 Å². The van der Waals surface area contributed by atoms with E-state index in [0.29, 0.717) is 6.42 Å². The quantitative estimate of drug-likeness (QED) is 0.456. The number of para-hydroxylation sites is 1. The smallest absolute Gasteiger partial charge is 0.258 e. The molecule has 1 aromatic carbocycles. The van der Waals surface area contributed by atoms with Gasteiger partial charge in [0.25, 0.3) is 15.7 Å². The number of nitrogens with zero attached hydrogens (tertiary/aromatic N) is 2. The molecule has 0 amide bonds. The summed E-state index contributed by atoms with van der Waals surface area (Å²) in [5, 5.41) is 11.0. The highest BCUT2D eigenvalue weighted by molar-refractivity contribution is 7.89. The van der Waals surface area contributed by atoms with E-state index in [1.165, 1.54) is 24.3 Å². The Bertz CT molecular complexity index is 764. The van der Waals surface area contributed by atoms with Crippen molar-refractivity contribution in [2.75, 3.05) is 13.1 Å². The maximum absolute atomic E-state index is 12.7. The molecule has 0 saturated heterocycles. The largest absolute Gasteiger partial charge is 0.289 e. The first kappa shape index (κ1) is 17.7. The molecular formula is C15H16N2O4S. The minimum Gasteiger partial charge on any atom is -0.258 e. The van der Waals surface area contributed by atoms with Crippen molar-refractivity contribution in [3.8, 4) is 23.7 Å². The Hall–Kier alpha value is -2.35. The van der Waals surface area contributed by atoms with E-state index < -0.39 is 20.6 Å². The molecule has 0 radical (unpaired) electrons. The molecule has 0 N–H and O–H groups in total. The van der Waals surface area contributed by atoms with E-state index in [-0.39, 0.29) is 18.0 Å². The van der Waals surface area contributed by atoms with Crippen LogP contribution in [-0.2, 0) is 10.0 Å². The van der Waals surface area contributed by atoms with Crippen LogP contribution >= 0.6 is 0 Å². The van der Waals surface area contributed by atoms with Gasteiger partial charge in [0, 0.05) is 19.0 Å². The van der Waals surface area contributed by atoms with Gasteiger partial charge in [-0.15, -0.1) is 17.8 Å². The van der Waals surface area contributed by atoms with Gasteiger partial charge in [-0.25, -0.2) is 8.42 Å². The SMILES string of the molecule is CC#CCCN(CC#CC)S(=O)(=O)c1ccccc1[N+](=O)[O-]. The van der Waals surface area contributed by atoms with E-state index >= 15 is 0 Å². The maximum Gasteiger partial charge on any atom is 0.289 e. The zero-order valence-electron chi connectivity index (χ0n) is 12.4. The minimum atomic E-state index is -4.01. The van der Waals surface area contributed by atoms with Crippen LogP contribution in [0, 0.1) is 33.8 Å². The van der Waals surface area contributed by atoms with Gasteiger partial charge < -0.3 is 0 Å². The van der Waals surface area contributed by atoms with Gasteiger partial charge >= 0.3 is 0 Å². The summed E-state index contributed by atoms with van der Waals surface area (Å²) in [5.41, 5.74) is -0.446. The molecule has 6 nitrogen and oxygen atoms in total. The fourth-order valence-corrected chi connectivity index (χ4v) is 3.22. The lowest BCUT2D eigenvalue weighted by Crippen LogP contribution is -2.32. The first-order chi connectivity index (χ1) is 10.4. The molecule has 0 saturated carbocycles. The summed E-state index contributed by atoms with van der Waals surface area (Å²) in [6, 6.07) is 5.28. The summed E-state index contributed by atoms with van der Waals surface area (Å²) >= 11 is 0. The monoisotopic (exact) mass is 320 g/mol. The van der Waals surface area contributed by atoms with Crippen LogP contribution < -0.4 is 0 Å². The average Bonchev–Trinajstić information content (AvgIpc) is 2.50. The van der Waals surface area contributed by atoms with Crippen molar-refractivity contribution < 1.29 is 13.3 Å². The van der Waals surface area contributed by atoms with Crippen molar-refractivity contribution in [3.63, 3.8) is 0 Å². The normalized spacial score (nSPS) is 10.3. The van der Waals surface area contributed by atoms with E-state index in [9.17, 15) is 18.5 Å². The second kappa shape index (κ2) is 8.18. The molecule has 1 aromatic rings. The maximum atomic E-state index is 12.7. The van der Waals surface area contributed by atoms with Crippen LogP contribution in [0.25, 0.3) is 0 Å². The van der Waals surface area contributed by atoms with Crippen molar-refractivity contribution >= 4 is 15.7 Å². The van der Waals surface area contributed by atoms with Crippen LogP contribution in [0.1, 0.15) is 20.3 Å². The van der Waals surface area contributed by atoms with E-state index in [2.05, 4.69) is 23.7 Å². The van der Waals surface area contributed by atoms with Crippen molar-refractivity contribution in [3.05, 3.63) is 34.4 Å². The van der Waals surface area contributed by atoms with Crippen molar-refractivity contribution in [1.29, 1.82) is 0 Å². The molecule has 0 spiro atoms. The summed E-state index contributed by atoms with van der Waals surface area (Å²) in [7, 11) is -4.01. The number of nitro groups is 1. The highest BCUT2D eigenvalue weighted by Gasteiger charge is 2.30. The number of nitro benzene ring substituents is 1. The molecule has 0 bridgehead atoms. The average molecular weight is 320 g/mol. The minimum absolute atomic E-state index is 0.0315. The molecule has 7 heteroatoms. The number of hydrogen-bond acceptors (Lipinski definition) is 4. The fraction of sp³-hybridized carbons (Fsp3) is 0.333. The third-order valence-electron chi connectivity index (χ3n) is 2.77. The second-order valence-electron chi connectivity index (χ2n) is 4.17. The molecule has 0 aromatic heterocycles. The lowest BCUT2D eigenvalue weighted by molar-refractivity contribution is -0.387. The number of hydrogen-bond donors (Lipinski definition) is 0. The third kappa shape index (κ3) is 4.32. The molecule has 22 heavy (non-hydrogen) atoms. The Morgan fingerprint density at radius 2 is 1.82 bits per heavy atom. The summed E-state index contributed by atoms with van der Waals surface area (Å²) in [6.07, 6.45) is 0.335. The fourth-order valence-electron chi connectivity index (χ4n) is 1.72. The molecule has 0 heterocycles. The van der Waals surface area contributed by atoms with Crippen molar-refractivity contribution in [2.24, 2.45) is 0 Å². The number of benzene rings is 1. The number of sulfonamides is 1. The highest BCUT2D eigenvalue weighted by Crippen LogP contribution is 2.26. The lowest BCUT2D eigenvalue weighted by Gasteiger charge is -2.18. The van der Waals surface area contributed by atoms with Crippen molar-refractivity contribution in [1.82, 2.24) is 4.31 Å². The van der Waals surface area contributed by atoms with Gasteiger partial charge in [0.05, 0.1) is 11.5 Å². The molecule has 116 valence electrons. The first-order valence-corrected chi connectivity index (χ1v) is 7.92. The Kier molecular flexibility index (Phi) is 6.58. The van der Waals surface area contributed by atoms with Crippen molar-refractivity contribution in [2.45, 2.75) is 25.2 Å². The van der Waals surface area contributed by atoms with E-state index in [1.54, 1.807) is 13.8 Å². The molecule has 0 unspecified atom stereocenters. The van der Waals surface area contributed by atoms with E-state index in [1.807, 2.05) is 0 Å². The Balaban J connectivity index is 3.27. The third-order valence-corrected chi connectivity index (χ3v) is 4.67. The molecule has 0 atom stereocenters. The second-order valence-corrected chi connectivity index (χ2v) is 6.07. The number of rotatable bonds is 6. The molecule has 0 aliphatic rings. The summed E-state index contributed by atoms with van der Waals surface area (Å²) in [6.45, 7) is 3.36. The Morgan fingerprint density at radius 1 is 1.18 bits per heavy atom. The molecule has 0 aliphatic carbocycles.